The molecule has 1 aliphatic carbocycles. The molecular weight excluding hydrogens is 326 g/mol. The van der Waals surface area contributed by atoms with Crippen molar-refractivity contribution in [3.63, 3.8) is 0 Å². The second-order valence-corrected chi connectivity index (χ2v) is 7.55. The summed E-state index contributed by atoms with van der Waals surface area (Å²) in [6.07, 6.45) is 6.24. The molecule has 2 fully saturated rings. The first-order valence-electron chi connectivity index (χ1n) is 8.27. The summed E-state index contributed by atoms with van der Waals surface area (Å²) >= 11 is 3.77. The monoisotopic (exact) mass is 351 g/mol. The van der Waals surface area contributed by atoms with E-state index in [1.165, 1.54) is 47.7 Å². The Bertz CT molecular complexity index is 498. The number of ether oxygens (including phenoxy) is 1. The smallest absolute Gasteiger partial charge is 0.0686 e. The van der Waals surface area contributed by atoms with Crippen LogP contribution in [0.15, 0.2) is 22.7 Å². The van der Waals surface area contributed by atoms with Gasteiger partial charge in [0.15, 0.2) is 0 Å². The average Bonchev–Trinajstić information content (AvgIpc) is 2.44. The van der Waals surface area contributed by atoms with Crippen LogP contribution in [0.5, 0.6) is 0 Å². The van der Waals surface area contributed by atoms with E-state index in [1.54, 1.807) is 0 Å². The van der Waals surface area contributed by atoms with Crippen molar-refractivity contribution in [3.8, 4) is 0 Å². The Morgan fingerprint density at radius 3 is 2.86 bits per heavy atom. The molecular formula is C18H26BrNO. The summed E-state index contributed by atoms with van der Waals surface area (Å²) in [5.41, 5.74) is 2.93. The van der Waals surface area contributed by atoms with Crippen LogP contribution in [-0.2, 0) is 4.74 Å². The molecule has 2 atom stereocenters. The van der Waals surface area contributed by atoms with Gasteiger partial charge in [0.25, 0.3) is 0 Å². The molecule has 116 valence electrons. The average molecular weight is 352 g/mol. The van der Waals surface area contributed by atoms with Gasteiger partial charge in [-0.1, -0.05) is 35.0 Å². The third-order valence-corrected chi connectivity index (χ3v) is 5.87. The summed E-state index contributed by atoms with van der Waals surface area (Å²) in [7, 11) is 0. The van der Waals surface area contributed by atoms with Gasteiger partial charge in [-0.2, -0.15) is 0 Å². The number of benzene rings is 1. The molecule has 1 N–H and O–H groups in total. The van der Waals surface area contributed by atoms with Gasteiger partial charge in [0.2, 0.25) is 0 Å². The van der Waals surface area contributed by atoms with Gasteiger partial charge in [-0.3, -0.25) is 0 Å². The summed E-state index contributed by atoms with van der Waals surface area (Å²) in [5, 5.41) is 3.73. The van der Waals surface area contributed by atoms with Crippen molar-refractivity contribution in [2.45, 2.75) is 57.6 Å². The number of aryl methyl sites for hydroxylation is 1. The quantitative estimate of drug-likeness (QED) is 0.844. The predicted molar refractivity (Wildman–Crippen MR) is 90.6 cm³/mol. The van der Waals surface area contributed by atoms with E-state index in [-0.39, 0.29) is 5.60 Å². The van der Waals surface area contributed by atoms with E-state index >= 15 is 0 Å². The Morgan fingerprint density at radius 1 is 1.43 bits per heavy atom. The first-order chi connectivity index (χ1) is 10.1. The molecule has 0 bridgehead atoms. The minimum absolute atomic E-state index is 0.216. The summed E-state index contributed by atoms with van der Waals surface area (Å²) in [5.74, 6) is 0.679. The highest BCUT2D eigenvalue weighted by atomic mass is 79.9. The van der Waals surface area contributed by atoms with Crippen molar-refractivity contribution in [1.82, 2.24) is 5.32 Å². The van der Waals surface area contributed by atoms with Crippen molar-refractivity contribution >= 4 is 15.9 Å². The standard InChI is InChI=1S/C18H26BrNO/c1-3-20-17(15-6-5-13(2)11-16(15)19)14-7-10-21-18(12-14)8-4-9-18/h5-6,11,14,17,20H,3-4,7-10,12H2,1-2H3. The highest BCUT2D eigenvalue weighted by Gasteiger charge is 2.44. The SMILES string of the molecule is CCNC(c1ccc(C)cc1Br)C1CCOC2(CCC2)C1. The fourth-order valence-corrected chi connectivity index (χ4v) is 4.64. The third-order valence-electron chi connectivity index (χ3n) is 5.18. The molecule has 3 heteroatoms. The van der Waals surface area contributed by atoms with Gasteiger partial charge in [0.1, 0.15) is 0 Å². The van der Waals surface area contributed by atoms with Gasteiger partial charge < -0.3 is 10.1 Å². The fraction of sp³-hybridized carbons (Fsp3) is 0.667. The van der Waals surface area contributed by atoms with Crippen LogP contribution in [0, 0.1) is 12.8 Å². The molecule has 1 aliphatic heterocycles. The first-order valence-corrected chi connectivity index (χ1v) is 9.06. The van der Waals surface area contributed by atoms with E-state index in [0.717, 1.165) is 13.2 Å². The fourth-order valence-electron chi connectivity index (χ4n) is 3.90. The molecule has 2 unspecified atom stereocenters. The molecule has 1 saturated carbocycles. The van der Waals surface area contributed by atoms with Crippen molar-refractivity contribution in [2.75, 3.05) is 13.2 Å². The lowest BCUT2D eigenvalue weighted by Gasteiger charge is -2.49. The second kappa shape index (κ2) is 6.39. The van der Waals surface area contributed by atoms with Gasteiger partial charge in [-0.25, -0.2) is 0 Å². The lowest BCUT2D eigenvalue weighted by molar-refractivity contribution is -0.147. The van der Waals surface area contributed by atoms with Gasteiger partial charge >= 0.3 is 0 Å². The molecule has 0 amide bonds. The molecule has 1 aromatic carbocycles. The Hall–Kier alpha value is -0.380. The van der Waals surface area contributed by atoms with E-state index in [2.05, 4.69) is 53.3 Å². The number of hydrogen-bond donors (Lipinski definition) is 1. The van der Waals surface area contributed by atoms with Gasteiger partial charge in [0, 0.05) is 17.1 Å². The Labute approximate surface area is 136 Å². The van der Waals surface area contributed by atoms with E-state index in [4.69, 9.17) is 4.74 Å². The lowest BCUT2D eigenvalue weighted by Crippen LogP contribution is -2.48. The molecule has 1 saturated heterocycles. The molecule has 1 aromatic rings. The maximum absolute atomic E-state index is 6.11. The number of nitrogens with one attached hydrogen (secondary N) is 1. The summed E-state index contributed by atoms with van der Waals surface area (Å²) < 4.78 is 7.34. The molecule has 2 nitrogen and oxygen atoms in total. The molecule has 0 radical (unpaired) electrons. The van der Waals surface area contributed by atoms with E-state index in [9.17, 15) is 0 Å². The molecule has 1 spiro atoms. The molecule has 3 rings (SSSR count). The van der Waals surface area contributed by atoms with Crippen molar-refractivity contribution in [1.29, 1.82) is 0 Å². The van der Waals surface area contributed by atoms with Crippen molar-refractivity contribution in [2.24, 2.45) is 5.92 Å². The van der Waals surface area contributed by atoms with Gasteiger partial charge in [-0.05, 0) is 68.7 Å². The Morgan fingerprint density at radius 2 is 2.24 bits per heavy atom. The summed E-state index contributed by atoms with van der Waals surface area (Å²) in [4.78, 5) is 0. The molecule has 1 heterocycles. The Balaban J connectivity index is 1.83. The number of halogens is 1. The van der Waals surface area contributed by atoms with Gasteiger partial charge in [-0.15, -0.1) is 0 Å². The minimum atomic E-state index is 0.216. The molecule has 0 aromatic heterocycles. The summed E-state index contributed by atoms with van der Waals surface area (Å²) in [6, 6.07) is 7.18. The number of rotatable bonds is 4. The molecule has 2 aliphatic rings. The maximum atomic E-state index is 6.11. The van der Waals surface area contributed by atoms with Crippen LogP contribution in [-0.4, -0.2) is 18.8 Å². The van der Waals surface area contributed by atoms with E-state index in [1.807, 2.05) is 0 Å². The van der Waals surface area contributed by atoms with Crippen LogP contribution in [0.3, 0.4) is 0 Å². The van der Waals surface area contributed by atoms with Crippen molar-refractivity contribution < 1.29 is 4.74 Å². The van der Waals surface area contributed by atoms with Gasteiger partial charge in [0.05, 0.1) is 5.60 Å². The lowest BCUT2D eigenvalue weighted by atomic mass is 9.69. The topological polar surface area (TPSA) is 21.3 Å². The second-order valence-electron chi connectivity index (χ2n) is 6.70. The van der Waals surface area contributed by atoms with Crippen LogP contribution >= 0.6 is 15.9 Å². The van der Waals surface area contributed by atoms with E-state index < -0.39 is 0 Å². The zero-order valence-electron chi connectivity index (χ0n) is 13.1. The maximum Gasteiger partial charge on any atom is 0.0686 e. The Kier molecular flexibility index (Phi) is 4.72. The van der Waals surface area contributed by atoms with Crippen LogP contribution in [0.25, 0.3) is 0 Å². The number of hydrogen-bond acceptors (Lipinski definition) is 2. The van der Waals surface area contributed by atoms with Crippen LogP contribution in [0.1, 0.15) is 56.2 Å². The zero-order valence-corrected chi connectivity index (χ0v) is 14.7. The normalized spacial score (nSPS) is 25.6. The highest BCUT2D eigenvalue weighted by Crippen LogP contribution is 2.47. The van der Waals surface area contributed by atoms with E-state index in [0.29, 0.717) is 12.0 Å². The van der Waals surface area contributed by atoms with Crippen LogP contribution < -0.4 is 5.32 Å². The van der Waals surface area contributed by atoms with Crippen LogP contribution in [0.2, 0.25) is 0 Å². The molecule has 21 heavy (non-hydrogen) atoms. The third kappa shape index (κ3) is 3.20. The minimum Gasteiger partial charge on any atom is -0.375 e. The largest absolute Gasteiger partial charge is 0.375 e. The predicted octanol–water partition coefficient (Wildman–Crippen LogP) is 4.76. The zero-order chi connectivity index (χ0) is 14.9. The van der Waals surface area contributed by atoms with Crippen LogP contribution in [0.4, 0.5) is 0 Å². The first kappa shape index (κ1) is 15.5. The van der Waals surface area contributed by atoms with Crippen molar-refractivity contribution in [3.05, 3.63) is 33.8 Å². The summed E-state index contributed by atoms with van der Waals surface area (Å²) in [6.45, 7) is 6.29. The highest BCUT2D eigenvalue weighted by molar-refractivity contribution is 9.10.